The molecule has 2 amide bonds. The van der Waals surface area contributed by atoms with Crippen molar-refractivity contribution in [3.8, 4) is 11.1 Å². The fraction of sp³-hybridized carbons (Fsp3) is 0.500. The molecule has 2 aromatic rings. The van der Waals surface area contributed by atoms with E-state index < -0.39 is 5.60 Å². The van der Waals surface area contributed by atoms with Gasteiger partial charge in [0, 0.05) is 37.2 Å². The number of amides is 2. The Hall–Kier alpha value is -3.15. The first-order valence-electron chi connectivity index (χ1n) is 13.1. The van der Waals surface area contributed by atoms with Gasteiger partial charge in [0.1, 0.15) is 11.4 Å². The van der Waals surface area contributed by atoms with Crippen LogP contribution in [0.5, 0.6) is 0 Å². The number of ketones is 1. The third-order valence-electron chi connectivity index (χ3n) is 6.87. The number of piperidine rings is 1. The van der Waals surface area contributed by atoms with E-state index in [1.165, 1.54) is 0 Å². The molecule has 0 radical (unpaired) electrons. The summed E-state index contributed by atoms with van der Waals surface area (Å²) in [4.78, 5) is 41.0. The molecular weight excluding hydrogens is 452 g/mol. The lowest BCUT2D eigenvalue weighted by Crippen LogP contribution is -2.50. The van der Waals surface area contributed by atoms with E-state index in [-0.39, 0.29) is 23.8 Å². The molecule has 6 heteroatoms. The second-order valence-electron chi connectivity index (χ2n) is 11.1. The van der Waals surface area contributed by atoms with Crippen LogP contribution in [-0.4, -0.2) is 58.4 Å². The first-order valence-corrected chi connectivity index (χ1v) is 13.1. The number of carbonyl (C=O) groups excluding carboxylic acids is 3. The third-order valence-corrected chi connectivity index (χ3v) is 6.87. The van der Waals surface area contributed by atoms with E-state index >= 15 is 0 Å². The number of rotatable bonds is 7. The van der Waals surface area contributed by atoms with Crippen LogP contribution in [0.25, 0.3) is 11.1 Å². The summed E-state index contributed by atoms with van der Waals surface area (Å²) in [6, 6.07) is 16.6. The van der Waals surface area contributed by atoms with Gasteiger partial charge in [-0.2, -0.15) is 0 Å². The lowest BCUT2D eigenvalue weighted by atomic mass is 9.99. The van der Waals surface area contributed by atoms with Gasteiger partial charge in [0.25, 0.3) is 5.91 Å². The Bertz CT molecular complexity index is 1070. The van der Waals surface area contributed by atoms with E-state index in [1.807, 2.05) is 45.0 Å². The lowest BCUT2D eigenvalue weighted by Gasteiger charge is -2.39. The van der Waals surface area contributed by atoms with Crippen molar-refractivity contribution < 1.29 is 19.1 Å². The molecule has 192 valence electrons. The molecular formula is C30H38N2O4. The Morgan fingerprint density at radius 2 is 1.39 bits per heavy atom. The van der Waals surface area contributed by atoms with E-state index in [9.17, 15) is 14.4 Å². The summed E-state index contributed by atoms with van der Waals surface area (Å²) in [5.41, 5.74) is 3.51. The van der Waals surface area contributed by atoms with Crippen LogP contribution >= 0.6 is 0 Å². The van der Waals surface area contributed by atoms with Gasteiger partial charge in [-0.15, -0.1) is 0 Å². The van der Waals surface area contributed by atoms with Gasteiger partial charge in [-0.1, -0.05) is 36.4 Å². The van der Waals surface area contributed by atoms with Crippen LogP contribution in [0.4, 0.5) is 4.79 Å². The van der Waals surface area contributed by atoms with Crippen LogP contribution in [0.3, 0.4) is 0 Å². The smallest absolute Gasteiger partial charge is 0.410 e. The van der Waals surface area contributed by atoms with Crippen molar-refractivity contribution in [1.29, 1.82) is 0 Å². The number of aryl methyl sites for hydroxylation is 1. The summed E-state index contributed by atoms with van der Waals surface area (Å²) in [5.74, 6) is 0.285. The molecule has 0 atom stereocenters. The van der Waals surface area contributed by atoms with Crippen molar-refractivity contribution in [2.45, 2.75) is 83.9 Å². The fourth-order valence-corrected chi connectivity index (χ4v) is 4.77. The van der Waals surface area contributed by atoms with Gasteiger partial charge in [-0.25, -0.2) is 4.79 Å². The summed E-state index contributed by atoms with van der Waals surface area (Å²) in [5, 5.41) is 0. The molecule has 1 aliphatic carbocycles. The number of nitrogens with zero attached hydrogens (tertiary/aromatic N) is 2. The van der Waals surface area contributed by atoms with Crippen LogP contribution in [0.2, 0.25) is 0 Å². The molecule has 1 saturated heterocycles. The average Bonchev–Trinajstić information content (AvgIpc) is 3.68. The summed E-state index contributed by atoms with van der Waals surface area (Å²) in [6.45, 7) is 8.47. The molecule has 1 saturated carbocycles. The zero-order chi connectivity index (χ0) is 25.9. The van der Waals surface area contributed by atoms with Gasteiger partial charge in [-0.3, -0.25) is 4.79 Å². The van der Waals surface area contributed by atoms with Gasteiger partial charge < -0.3 is 19.3 Å². The third kappa shape index (κ3) is 6.74. The van der Waals surface area contributed by atoms with E-state index in [2.05, 4.69) is 29.2 Å². The maximum Gasteiger partial charge on any atom is 0.410 e. The van der Waals surface area contributed by atoms with Gasteiger partial charge >= 0.3 is 6.09 Å². The van der Waals surface area contributed by atoms with Crippen molar-refractivity contribution in [3.05, 3.63) is 59.7 Å². The van der Waals surface area contributed by atoms with E-state index in [0.29, 0.717) is 31.1 Å². The van der Waals surface area contributed by atoms with Crippen molar-refractivity contribution >= 4 is 17.8 Å². The summed E-state index contributed by atoms with van der Waals surface area (Å²) in [7, 11) is 0. The Morgan fingerprint density at radius 1 is 0.861 bits per heavy atom. The Kier molecular flexibility index (Phi) is 7.82. The number of hydrogen-bond acceptors (Lipinski definition) is 4. The SMILES string of the molecule is CC(=O)CCc1ccc(-c2ccc(C(=O)N(C3CC3)C3CCN(C(=O)OC(C)(C)C)CC3)cc2)cc1. The fourth-order valence-electron chi connectivity index (χ4n) is 4.77. The summed E-state index contributed by atoms with van der Waals surface area (Å²) in [6.07, 6.45) is 4.70. The number of Topliss-reactive ketones (excluding diaryl/α,β-unsaturated/α-hetero) is 1. The monoisotopic (exact) mass is 490 g/mol. The largest absolute Gasteiger partial charge is 0.444 e. The van der Waals surface area contributed by atoms with Crippen LogP contribution in [0.1, 0.15) is 75.7 Å². The van der Waals surface area contributed by atoms with Crippen molar-refractivity contribution in [2.75, 3.05) is 13.1 Å². The molecule has 2 aromatic carbocycles. The van der Waals surface area contributed by atoms with Gasteiger partial charge in [-0.05, 0) is 88.6 Å². The molecule has 6 nitrogen and oxygen atoms in total. The number of likely N-dealkylation sites (tertiary alicyclic amines) is 1. The van der Waals surface area contributed by atoms with Crippen molar-refractivity contribution in [2.24, 2.45) is 0 Å². The highest BCUT2D eigenvalue weighted by Gasteiger charge is 2.39. The normalized spacial score (nSPS) is 16.5. The first kappa shape index (κ1) is 25.9. The van der Waals surface area contributed by atoms with Crippen molar-refractivity contribution in [3.63, 3.8) is 0 Å². The minimum Gasteiger partial charge on any atom is -0.444 e. The molecule has 0 unspecified atom stereocenters. The molecule has 2 aliphatic rings. The molecule has 0 bridgehead atoms. The lowest BCUT2D eigenvalue weighted by molar-refractivity contribution is -0.116. The minimum atomic E-state index is -0.506. The minimum absolute atomic E-state index is 0.0827. The predicted molar refractivity (Wildman–Crippen MR) is 141 cm³/mol. The second kappa shape index (κ2) is 10.9. The number of hydrogen-bond donors (Lipinski definition) is 0. The van der Waals surface area contributed by atoms with Gasteiger partial charge in [0.2, 0.25) is 0 Å². The van der Waals surface area contributed by atoms with Gasteiger partial charge in [0.15, 0.2) is 0 Å². The molecule has 0 aromatic heterocycles. The van der Waals surface area contributed by atoms with E-state index in [4.69, 9.17) is 4.74 Å². The first-order chi connectivity index (χ1) is 17.1. The molecule has 4 rings (SSSR count). The van der Waals surface area contributed by atoms with Crippen LogP contribution in [-0.2, 0) is 16.0 Å². The Labute approximate surface area is 214 Å². The average molecular weight is 491 g/mol. The quantitative estimate of drug-likeness (QED) is 0.486. The molecule has 36 heavy (non-hydrogen) atoms. The zero-order valence-electron chi connectivity index (χ0n) is 22.0. The van der Waals surface area contributed by atoms with Crippen molar-refractivity contribution in [1.82, 2.24) is 9.80 Å². The topological polar surface area (TPSA) is 66.9 Å². The summed E-state index contributed by atoms with van der Waals surface area (Å²) >= 11 is 0. The van der Waals surface area contributed by atoms with E-state index in [1.54, 1.807) is 11.8 Å². The molecule has 1 heterocycles. The molecule has 2 fully saturated rings. The highest BCUT2D eigenvalue weighted by Crippen LogP contribution is 2.34. The van der Waals surface area contributed by atoms with Crippen LogP contribution in [0.15, 0.2) is 48.5 Å². The Morgan fingerprint density at radius 3 is 1.89 bits per heavy atom. The summed E-state index contributed by atoms with van der Waals surface area (Å²) < 4.78 is 5.52. The van der Waals surface area contributed by atoms with E-state index in [0.717, 1.165) is 48.8 Å². The predicted octanol–water partition coefficient (Wildman–Crippen LogP) is 5.88. The standard InChI is InChI=1S/C30H38N2O4/c1-21(33)5-6-22-7-9-23(10-8-22)24-11-13-25(14-12-24)28(34)32(26-15-16-26)27-17-19-31(20-18-27)29(35)36-30(2,3)4/h7-14,26-27H,5-6,15-20H2,1-4H3. The number of benzene rings is 2. The number of carbonyl (C=O) groups is 3. The molecule has 0 spiro atoms. The van der Waals surface area contributed by atoms with Crippen LogP contribution in [0, 0.1) is 0 Å². The molecule has 0 N–H and O–H groups in total. The molecule has 1 aliphatic heterocycles. The van der Waals surface area contributed by atoms with Crippen LogP contribution < -0.4 is 0 Å². The highest BCUT2D eigenvalue weighted by atomic mass is 16.6. The zero-order valence-corrected chi connectivity index (χ0v) is 22.0. The number of ether oxygens (including phenoxy) is 1. The Balaban J connectivity index is 1.38. The maximum absolute atomic E-state index is 13.5. The highest BCUT2D eigenvalue weighted by molar-refractivity contribution is 5.95. The maximum atomic E-state index is 13.5. The van der Waals surface area contributed by atoms with Gasteiger partial charge in [0.05, 0.1) is 0 Å². The second-order valence-corrected chi connectivity index (χ2v) is 11.1.